The first-order chi connectivity index (χ1) is 14.0. The topological polar surface area (TPSA) is 59.1 Å². The Morgan fingerprint density at radius 1 is 0.897 bits per heavy atom. The van der Waals surface area contributed by atoms with Gasteiger partial charge in [0.05, 0.1) is 12.2 Å². The molecule has 0 aromatic heterocycles. The Morgan fingerprint density at radius 2 is 1.55 bits per heavy atom. The standard InChI is InChI=1S/C23H28N2O4/c1-18(2)17-28-23(27)25-14-8-13-24(15-16-25)22(26)20-11-6-7-12-21(20)29-19-9-4-3-5-10-19/h3-7,9-12,18H,8,13-17H2,1-2H3. The van der Waals surface area contributed by atoms with Crippen molar-refractivity contribution in [1.82, 2.24) is 9.80 Å². The number of ether oxygens (including phenoxy) is 2. The number of hydrogen-bond donors (Lipinski definition) is 0. The Labute approximate surface area is 172 Å². The Kier molecular flexibility index (Phi) is 7.11. The third-order valence-corrected chi connectivity index (χ3v) is 4.67. The summed E-state index contributed by atoms with van der Waals surface area (Å²) in [7, 11) is 0. The van der Waals surface area contributed by atoms with Crippen LogP contribution in [0.1, 0.15) is 30.6 Å². The lowest BCUT2D eigenvalue weighted by atomic mass is 10.1. The molecule has 3 rings (SSSR count). The first-order valence-electron chi connectivity index (χ1n) is 10.1. The van der Waals surface area contributed by atoms with E-state index in [0.717, 1.165) is 0 Å². The molecular weight excluding hydrogens is 368 g/mol. The van der Waals surface area contributed by atoms with Crippen molar-refractivity contribution in [3.8, 4) is 11.5 Å². The van der Waals surface area contributed by atoms with Gasteiger partial charge < -0.3 is 19.3 Å². The van der Waals surface area contributed by atoms with Crippen LogP contribution in [-0.4, -0.2) is 54.6 Å². The van der Waals surface area contributed by atoms with Crippen molar-refractivity contribution in [3.63, 3.8) is 0 Å². The fraction of sp³-hybridized carbons (Fsp3) is 0.391. The quantitative estimate of drug-likeness (QED) is 0.751. The van der Waals surface area contributed by atoms with Crippen molar-refractivity contribution in [3.05, 3.63) is 60.2 Å². The van der Waals surface area contributed by atoms with E-state index in [1.807, 2.05) is 56.3 Å². The number of nitrogens with zero attached hydrogens (tertiary/aromatic N) is 2. The van der Waals surface area contributed by atoms with Gasteiger partial charge in [-0.15, -0.1) is 0 Å². The van der Waals surface area contributed by atoms with Crippen LogP contribution in [0.15, 0.2) is 54.6 Å². The molecule has 1 fully saturated rings. The highest BCUT2D eigenvalue weighted by Crippen LogP contribution is 2.26. The average molecular weight is 396 g/mol. The molecule has 6 nitrogen and oxygen atoms in total. The lowest BCUT2D eigenvalue weighted by Crippen LogP contribution is -2.38. The summed E-state index contributed by atoms with van der Waals surface area (Å²) in [5.41, 5.74) is 0.521. The molecule has 29 heavy (non-hydrogen) atoms. The molecular formula is C23H28N2O4. The second kappa shape index (κ2) is 9.96. The first-order valence-corrected chi connectivity index (χ1v) is 10.1. The van der Waals surface area contributed by atoms with E-state index < -0.39 is 0 Å². The SMILES string of the molecule is CC(C)COC(=O)N1CCCN(C(=O)c2ccccc2Oc2ccccc2)CC1. The fourth-order valence-electron chi connectivity index (χ4n) is 3.15. The number of hydrogen-bond acceptors (Lipinski definition) is 4. The minimum absolute atomic E-state index is 0.0890. The van der Waals surface area contributed by atoms with Gasteiger partial charge in [-0.1, -0.05) is 44.2 Å². The maximum Gasteiger partial charge on any atom is 0.409 e. The summed E-state index contributed by atoms with van der Waals surface area (Å²) >= 11 is 0. The largest absolute Gasteiger partial charge is 0.457 e. The average Bonchev–Trinajstić information content (AvgIpc) is 2.99. The van der Waals surface area contributed by atoms with E-state index in [2.05, 4.69) is 0 Å². The Hall–Kier alpha value is -3.02. The van der Waals surface area contributed by atoms with E-state index in [1.54, 1.807) is 21.9 Å². The van der Waals surface area contributed by atoms with Gasteiger partial charge in [0.1, 0.15) is 11.5 Å². The van der Waals surface area contributed by atoms with Gasteiger partial charge in [-0.2, -0.15) is 0 Å². The van der Waals surface area contributed by atoms with E-state index in [4.69, 9.17) is 9.47 Å². The summed E-state index contributed by atoms with van der Waals surface area (Å²) in [6.45, 7) is 6.52. The number of benzene rings is 2. The van der Waals surface area contributed by atoms with E-state index in [1.165, 1.54) is 0 Å². The molecule has 0 atom stereocenters. The molecule has 1 aliphatic heterocycles. The molecule has 0 spiro atoms. The predicted octanol–water partition coefficient (Wildman–Crippen LogP) is 4.42. The van der Waals surface area contributed by atoms with Gasteiger partial charge in [0, 0.05) is 26.2 Å². The molecule has 0 unspecified atom stereocenters. The summed E-state index contributed by atoms with van der Waals surface area (Å²) < 4.78 is 11.3. The van der Waals surface area contributed by atoms with Gasteiger partial charge in [-0.3, -0.25) is 4.79 Å². The van der Waals surface area contributed by atoms with Crippen molar-refractivity contribution >= 4 is 12.0 Å². The van der Waals surface area contributed by atoms with Crippen molar-refractivity contribution in [2.75, 3.05) is 32.8 Å². The fourth-order valence-corrected chi connectivity index (χ4v) is 3.15. The summed E-state index contributed by atoms with van der Waals surface area (Å²) in [6, 6.07) is 16.7. The van der Waals surface area contributed by atoms with Crippen molar-refractivity contribution in [2.45, 2.75) is 20.3 Å². The smallest absolute Gasteiger partial charge is 0.409 e. The van der Waals surface area contributed by atoms with Crippen molar-refractivity contribution in [2.24, 2.45) is 5.92 Å². The monoisotopic (exact) mass is 396 g/mol. The first kappa shape index (κ1) is 20.7. The van der Waals surface area contributed by atoms with Gasteiger partial charge in [0.15, 0.2) is 0 Å². The van der Waals surface area contributed by atoms with Crippen molar-refractivity contribution < 1.29 is 19.1 Å². The normalized spacial score (nSPS) is 14.4. The zero-order valence-electron chi connectivity index (χ0n) is 17.0. The lowest BCUT2D eigenvalue weighted by Gasteiger charge is -2.23. The molecule has 0 aliphatic carbocycles. The zero-order chi connectivity index (χ0) is 20.6. The van der Waals surface area contributed by atoms with Gasteiger partial charge in [0.25, 0.3) is 5.91 Å². The molecule has 0 radical (unpaired) electrons. The van der Waals surface area contributed by atoms with Crippen LogP contribution in [0.5, 0.6) is 11.5 Å². The van der Waals surface area contributed by atoms with Gasteiger partial charge >= 0.3 is 6.09 Å². The minimum Gasteiger partial charge on any atom is -0.457 e. The number of carbonyl (C=O) groups excluding carboxylic acids is 2. The molecule has 2 aromatic rings. The summed E-state index contributed by atoms with van der Waals surface area (Å²) in [5.74, 6) is 1.42. The predicted molar refractivity (Wildman–Crippen MR) is 111 cm³/mol. The van der Waals surface area contributed by atoms with Crippen LogP contribution < -0.4 is 4.74 Å². The van der Waals surface area contributed by atoms with Crippen LogP contribution in [0.25, 0.3) is 0 Å². The molecule has 1 saturated heterocycles. The third-order valence-electron chi connectivity index (χ3n) is 4.67. The molecule has 2 amide bonds. The van der Waals surface area contributed by atoms with Crippen LogP contribution >= 0.6 is 0 Å². The summed E-state index contributed by atoms with van der Waals surface area (Å²) in [4.78, 5) is 28.9. The molecule has 1 aliphatic rings. The molecule has 154 valence electrons. The lowest BCUT2D eigenvalue weighted by molar-refractivity contribution is 0.0744. The van der Waals surface area contributed by atoms with Crippen LogP contribution in [0.2, 0.25) is 0 Å². The Morgan fingerprint density at radius 3 is 2.31 bits per heavy atom. The number of rotatable bonds is 5. The number of para-hydroxylation sites is 2. The second-order valence-electron chi connectivity index (χ2n) is 7.51. The van der Waals surface area contributed by atoms with Gasteiger partial charge in [-0.05, 0) is 36.6 Å². The van der Waals surface area contributed by atoms with Crippen LogP contribution in [-0.2, 0) is 4.74 Å². The number of amides is 2. The van der Waals surface area contributed by atoms with Crippen molar-refractivity contribution in [1.29, 1.82) is 0 Å². The minimum atomic E-state index is -0.305. The zero-order valence-corrected chi connectivity index (χ0v) is 17.0. The van der Waals surface area contributed by atoms with E-state index in [0.29, 0.717) is 62.2 Å². The summed E-state index contributed by atoms with van der Waals surface area (Å²) in [5, 5.41) is 0. The molecule has 6 heteroatoms. The Bertz CT molecular complexity index is 823. The van der Waals surface area contributed by atoms with E-state index in [9.17, 15) is 9.59 Å². The molecule has 0 N–H and O–H groups in total. The highest BCUT2D eigenvalue weighted by molar-refractivity contribution is 5.97. The maximum atomic E-state index is 13.2. The number of carbonyl (C=O) groups is 2. The second-order valence-corrected chi connectivity index (χ2v) is 7.51. The van der Waals surface area contributed by atoms with Crippen LogP contribution in [0.3, 0.4) is 0 Å². The van der Waals surface area contributed by atoms with E-state index >= 15 is 0 Å². The molecule has 0 bridgehead atoms. The van der Waals surface area contributed by atoms with Crippen LogP contribution in [0.4, 0.5) is 4.79 Å². The Balaban J connectivity index is 1.66. The highest BCUT2D eigenvalue weighted by Gasteiger charge is 2.25. The summed E-state index contributed by atoms with van der Waals surface area (Å²) in [6.07, 6.45) is 0.408. The van der Waals surface area contributed by atoms with Crippen LogP contribution in [0, 0.1) is 5.92 Å². The molecule has 1 heterocycles. The molecule has 2 aromatic carbocycles. The van der Waals surface area contributed by atoms with E-state index in [-0.39, 0.29) is 12.0 Å². The van der Waals surface area contributed by atoms with Gasteiger partial charge in [-0.25, -0.2) is 4.79 Å². The third kappa shape index (κ3) is 5.73. The van der Waals surface area contributed by atoms with Gasteiger partial charge in [0.2, 0.25) is 0 Å². The molecule has 0 saturated carbocycles. The maximum absolute atomic E-state index is 13.2. The highest BCUT2D eigenvalue weighted by atomic mass is 16.6.